The quantitative estimate of drug-likeness (QED) is 0.850. The number of nitrogens with one attached hydrogen (secondary N) is 1. The number of hydrogen-bond acceptors (Lipinski definition) is 3. The van der Waals surface area contributed by atoms with E-state index in [1.165, 1.54) is 42.2 Å². The normalized spacial score (nSPS) is 20.2. The van der Waals surface area contributed by atoms with E-state index in [0.717, 1.165) is 12.5 Å². The third-order valence-corrected chi connectivity index (χ3v) is 4.43. The van der Waals surface area contributed by atoms with Gasteiger partial charge in [-0.15, -0.1) is 11.3 Å². The predicted molar refractivity (Wildman–Crippen MR) is 80.2 cm³/mol. The smallest absolute Gasteiger partial charge is 0.0328 e. The van der Waals surface area contributed by atoms with Crippen molar-refractivity contribution in [3.63, 3.8) is 0 Å². The van der Waals surface area contributed by atoms with Gasteiger partial charge < -0.3 is 5.32 Å². The van der Waals surface area contributed by atoms with E-state index in [9.17, 15) is 0 Å². The first-order chi connectivity index (χ1) is 8.63. The first-order valence-corrected chi connectivity index (χ1v) is 7.96. The lowest BCUT2D eigenvalue weighted by Crippen LogP contribution is -2.38. The lowest BCUT2D eigenvalue weighted by Gasteiger charge is -2.26. The SMILES string of the molecule is Cc1ccc(CN(CC(C)C)CC2CCCN2)s1. The molecule has 2 heterocycles. The second kappa shape index (κ2) is 6.69. The first kappa shape index (κ1) is 14.0. The van der Waals surface area contributed by atoms with Gasteiger partial charge in [0.25, 0.3) is 0 Å². The molecule has 18 heavy (non-hydrogen) atoms. The third kappa shape index (κ3) is 4.38. The van der Waals surface area contributed by atoms with E-state index in [-0.39, 0.29) is 0 Å². The van der Waals surface area contributed by atoms with Crippen LogP contribution in [0.4, 0.5) is 0 Å². The average molecular weight is 266 g/mol. The summed E-state index contributed by atoms with van der Waals surface area (Å²) >= 11 is 1.94. The number of nitrogens with zero attached hydrogens (tertiary/aromatic N) is 1. The molecule has 1 fully saturated rings. The van der Waals surface area contributed by atoms with Gasteiger partial charge in [0.2, 0.25) is 0 Å². The minimum Gasteiger partial charge on any atom is -0.313 e. The molecule has 1 N–H and O–H groups in total. The molecule has 1 aliphatic rings. The summed E-state index contributed by atoms with van der Waals surface area (Å²) in [5.41, 5.74) is 0. The summed E-state index contributed by atoms with van der Waals surface area (Å²) in [6.45, 7) is 11.6. The number of thiophene rings is 1. The third-order valence-electron chi connectivity index (χ3n) is 3.44. The molecule has 1 aromatic rings. The molecule has 0 aliphatic carbocycles. The van der Waals surface area contributed by atoms with Crippen molar-refractivity contribution in [3.05, 3.63) is 21.9 Å². The van der Waals surface area contributed by atoms with E-state index in [1.54, 1.807) is 0 Å². The van der Waals surface area contributed by atoms with Crippen LogP contribution in [0.5, 0.6) is 0 Å². The van der Waals surface area contributed by atoms with Gasteiger partial charge in [-0.1, -0.05) is 13.8 Å². The average Bonchev–Trinajstić information content (AvgIpc) is 2.89. The van der Waals surface area contributed by atoms with Crippen molar-refractivity contribution in [1.29, 1.82) is 0 Å². The predicted octanol–water partition coefficient (Wildman–Crippen LogP) is 3.27. The molecule has 102 valence electrons. The van der Waals surface area contributed by atoms with E-state index in [1.807, 2.05) is 11.3 Å². The Hall–Kier alpha value is -0.380. The lowest BCUT2D eigenvalue weighted by molar-refractivity contribution is 0.218. The zero-order valence-corrected chi connectivity index (χ0v) is 12.7. The van der Waals surface area contributed by atoms with Crippen LogP contribution in [-0.2, 0) is 6.54 Å². The molecular formula is C15H26N2S. The highest BCUT2D eigenvalue weighted by molar-refractivity contribution is 7.11. The van der Waals surface area contributed by atoms with Crippen LogP contribution in [-0.4, -0.2) is 30.6 Å². The molecule has 1 aliphatic heterocycles. The Morgan fingerprint density at radius 1 is 1.44 bits per heavy atom. The molecular weight excluding hydrogens is 240 g/mol. The van der Waals surface area contributed by atoms with Gasteiger partial charge in [0.05, 0.1) is 0 Å². The molecule has 1 aromatic heterocycles. The van der Waals surface area contributed by atoms with Crippen molar-refractivity contribution in [2.45, 2.75) is 46.2 Å². The Labute approximate surface area is 115 Å². The van der Waals surface area contributed by atoms with Gasteiger partial charge in [-0.05, 0) is 44.4 Å². The van der Waals surface area contributed by atoms with Gasteiger partial charge in [-0.3, -0.25) is 4.90 Å². The molecule has 1 unspecified atom stereocenters. The second-order valence-corrected chi connectivity index (χ2v) is 7.27. The van der Waals surface area contributed by atoms with Gasteiger partial charge in [-0.2, -0.15) is 0 Å². The Morgan fingerprint density at radius 2 is 2.28 bits per heavy atom. The van der Waals surface area contributed by atoms with E-state index in [4.69, 9.17) is 0 Å². The molecule has 2 rings (SSSR count). The van der Waals surface area contributed by atoms with Crippen LogP contribution in [0.15, 0.2) is 12.1 Å². The zero-order valence-electron chi connectivity index (χ0n) is 11.9. The van der Waals surface area contributed by atoms with E-state index in [2.05, 4.69) is 43.1 Å². The number of rotatable bonds is 6. The fourth-order valence-electron chi connectivity index (χ4n) is 2.73. The van der Waals surface area contributed by atoms with E-state index >= 15 is 0 Å². The van der Waals surface area contributed by atoms with Gasteiger partial charge >= 0.3 is 0 Å². The molecule has 0 aromatic carbocycles. The van der Waals surface area contributed by atoms with Crippen molar-refractivity contribution in [1.82, 2.24) is 10.2 Å². The van der Waals surface area contributed by atoms with Crippen LogP contribution < -0.4 is 5.32 Å². The highest BCUT2D eigenvalue weighted by atomic mass is 32.1. The molecule has 1 saturated heterocycles. The maximum absolute atomic E-state index is 3.61. The van der Waals surface area contributed by atoms with Gasteiger partial charge in [0.1, 0.15) is 0 Å². The Kier molecular flexibility index (Phi) is 5.22. The Balaban J connectivity index is 1.91. The van der Waals surface area contributed by atoms with Crippen LogP contribution in [0.1, 0.15) is 36.4 Å². The summed E-state index contributed by atoms with van der Waals surface area (Å²) < 4.78 is 0. The molecule has 0 radical (unpaired) electrons. The molecule has 0 amide bonds. The van der Waals surface area contributed by atoms with Gasteiger partial charge in [0.15, 0.2) is 0 Å². The molecule has 2 nitrogen and oxygen atoms in total. The lowest BCUT2D eigenvalue weighted by atomic mass is 10.1. The van der Waals surface area contributed by atoms with E-state index in [0.29, 0.717) is 6.04 Å². The summed E-state index contributed by atoms with van der Waals surface area (Å²) in [6, 6.07) is 5.24. The molecule has 1 atom stereocenters. The van der Waals surface area contributed by atoms with Gasteiger partial charge in [-0.25, -0.2) is 0 Å². The van der Waals surface area contributed by atoms with Crippen LogP contribution >= 0.6 is 11.3 Å². The van der Waals surface area contributed by atoms with Crippen molar-refractivity contribution in [2.75, 3.05) is 19.6 Å². The van der Waals surface area contributed by atoms with Crippen molar-refractivity contribution in [3.8, 4) is 0 Å². The molecule has 0 saturated carbocycles. The summed E-state index contributed by atoms with van der Waals surface area (Å²) in [5.74, 6) is 0.743. The minimum absolute atomic E-state index is 0.713. The zero-order chi connectivity index (χ0) is 13.0. The first-order valence-electron chi connectivity index (χ1n) is 7.14. The maximum atomic E-state index is 3.61. The topological polar surface area (TPSA) is 15.3 Å². The largest absolute Gasteiger partial charge is 0.313 e. The summed E-state index contributed by atoms with van der Waals surface area (Å²) in [5, 5.41) is 3.61. The van der Waals surface area contributed by atoms with Crippen LogP contribution in [0.2, 0.25) is 0 Å². The minimum atomic E-state index is 0.713. The van der Waals surface area contributed by atoms with E-state index < -0.39 is 0 Å². The number of aryl methyl sites for hydroxylation is 1. The Bertz CT molecular complexity index is 353. The fraction of sp³-hybridized carbons (Fsp3) is 0.733. The molecule has 0 bridgehead atoms. The molecule has 3 heteroatoms. The summed E-state index contributed by atoms with van der Waals surface area (Å²) in [4.78, 5) is 5.55. The van der Waals surface area contributed by atoms with Crippen molar-refractivity contribution < 1.29 is 0 Å². The Morgan fingerprint density at radius 3 is 2.83 bits per heavy atom. The number of hydrogen-bond donors (Lipinski definition) is 1. The van der Waals surface area contributed by atoms with Crippen LogP contribution in [0, 0.1) is 12.8 Å². The summed E-state index contributed by atoms with van der Waals surface area (Å²) in [7, 11) is 0. The van der Waals surface area contributed by atoms with Crippen molar-refractivity contribution in [2.24, 2.45) is 5.92 Å². The highest BCUT2D eigenvalue weighted by Gasteiger charge is 2.18. The highest BCUT2D eigenvalue weighted by Crippen LogP contribution is 2.19. The van der Waals surface area contributed by atoms with Crippen LogP contribution in [0.25, 0.3) is 0 Å². The van der Waals surface area contributed by atoms with Crippen LogP contribution in [0.3, 0.4) is 0 Å². The van der Waals surface area contributed by atoms with Crippen molar-refractivity contribution >= 4 is 11.3 Å². The monoisotopic (exact) mass is 266 g/mol. The van der Waals surface area contributed by atoms with Gasteiger partial charge in [0, 0.05) is 35.4 Å². The maximum Gasteiger partial charge on any atom is 0.0328 e. The standard InChI is InChI=1S/C15H26N2S/c1-12(2)9-17(10-14-5-4-8-16-14)11-15-7-6-13(3)18-15/h6-7,12,14,16H,4-5,8-11H2,1-3H3. The second-order valence-electron chi connectivity index (χ2n) is 5.89. The summed E-state index contributed by atoms with van der Waals surface area (Å²) in [6.07, 6.45) is 2.69. The fourth-order valence-corrected chi connectivity index (χ4v) is 3.67. The molecule has 0 spiro atoms.